The summed E-state index contributed by atoms with van der Waals surface area (Å²) in [5.74, 6) is 0.747. The highest BCUT2D eigenvalue weighted by Crippen LogP contribution is 2.13. The zero-order valence-corrected chi connectivity index (χ0v) is 8.22. The van der Waals surface area contributed by atoms with E-state index in [2.05, 4.69) is 28.2 Å². The Morgan fingerprint density at radius 2 is 2.00 bits per heavy atom. The van der Waals surface area contributed by atoms with Gasteiger partial charge in [0.05, 0.1) is 6.67 Å². The standard InChI is InChI=1S/C6H14N4.C2H6/c1-5-2-8-9-10-4-7-3-6(5)10;1-2/h5-9H,2-4H2,1H3;1-2H3. The Hall–Kier alpha value is -0.160. The number of rotatable bonds is 0. The lowest BCUT2D eigenvalue weighted by Crippen LogP contribution is -2.59. The summed E-state index contributed by atoms with van der Waals surface area (Å²) < 4.78 is 0. The average molecular weight is 172 g/mol. The van der Waals surface area contributed by atoms with Gasteiger partial charge in [-0.2, -0.15) is 5.53 Å². The topological polar surface area (TPSA) is 39.3 Å². The largest absolute Gasteiger partial charge is 0.302 e. The first-order valence-electron chi connectivity index (χ1n) is 4.84. The van der Waals surface area contributed by atoms with Gasteiger partial charge in [0, 0.05) is 19.1 Å². The van der Waals surface area contributed by atoms with E-state index in [1.165, 1.54) is 0 Å². The van der Waals surface area contributed by atoms with Crippen molar-refractivity contribution >= 4 is 0 Å². The Morgan fingerprint density at radius 1 is 1.25 bits per heavy atom. The van der Waals surface area contributed by atoms with Gasteiger partial charge in [-0.25, -0.2) is 10.4 Å². The minimum absolute atomic E-state index is 0.682. The Bertz CT molecular complexity index is 128. The summed E-state index contributed by atoms with van der Waals surface area (Å²) in [6.07, 6.45) is 0. The summed E-state index contributed by atoms with van der Waals surface area (Å²) in [6, 6.07) is 0.682. The zero-order chi connectivity index (χ0) is 8.97. The Balaban J connectivity index is 0.000000336. The van der Waals surface area contributed by atoms with Crippen LogP contribution in [0.3, 0.4) is 0 Å². The molecule has 0 aromatic rings. The van der Waals surface area contributed by atoms with E-state index in [-0.39, 0.29) is 0 Å². The summed E-state index contributed by atoms with van der Waals surface area (Å²) in [4.78, 5) is 0. The van der Waals surface area contributed by atoms with Crippen molar-refractivity contribution < 1.29 is 0 Å². The van der Waals surface area contributed by atoms with Gasteiger partial charge >= 0.3 is 0 Å². The molecule has 0 radical (unpaired) electrons. The van der Waals surface area contributed by atoms with E-state index >= 15 is 0 Å². The second kappa shape index (κ2) is 4.77. The van der Waals surface area contributed by atoms with Crippen LogP contribution in [-0.4, -0.2) is 30.8 Å². The quantitative estimate of drug-likeness (QED) is 0.477. The molecule has 0 saturated carbocycles. The van der Waals surface area contributed by atoms with E-state index in [0.717, 1.165) is 25.7 Å². The molecule has 0 aromatic carbocycles. The van der Waals surface area contributed by atoms with E-state index in [4.69, 9.17) is 0 Å². The Labute approximate surface area is 74.6 Å². The van der Waals surface area contributed by atoms with Gasteiger partial charge in [-0.3, -0.25) is 0 Å². The van der Waals surface area contributed by atoms with Gasteiger partial charge < -0.3 is 5.32 Å². The van der Waals surface area contributed by atoms with Crippen LogP contribution in [0.25, 0.3) is 0 Å². The van der Waals surface area contributed by atoms with Crippen molar-refractivity contribution in [2.24, 2.45) is 5.92 Å². The lowest BCUT2D eigenvalue weighted by Gasteiger charge is -2.34. The molecule has 2 rings (SSSR count). The predicted molar refractivity (Wildman–Crippen MR) is 50.1 cm³/mol. The summed E-state index contributed by atoms with van der Waals surface area (Å²) in [6.45, 7) is 9.43. The first-order chi connectivity index (χ1) is 5.88. The van der Waals surface area contributed by atoms with Crippen molar-refractivity contribution in [3.05, 3.63) is 0 Å². The maximum Gasteiger partial charge on any atom is 0.0638 e. The normalized spacial score (nSPS) is 35.2. The molecular formula is C8H20N4. The van der Waals surface area contributed by atoms with Gasteiger partial charge in [0.1, 0.15) is 0 Å². The fourth-order valence-electron chi connectivity index (χ4n) is 1.64. The lowest BCUT2D eigenvalue weighted by molar-refractivity contribution is 0.0605. The fraction of sp³-hybridized carbons (Fsp3) is 1.00. The maximum absolute atomic E-state index is 3.32. The molecule has 0 bridgehead atoms. The van der Waals surface area contributed by atoms with Crippen LogP contribution in [0.2, 0.25) is 0 Å². The molecule has 3 N–H and O–H groups in total. The van der Waals surface area contributed by atoms with Crippen LogP contribution < -0.4 is 16.3 Å². The van der Waals surface area contributed by atoms with Crippen molar-refractivity contribution in [1.29, 1.82) is 0 Å². The number of hydrogen-bond acceptors (Lipinski definition) is 4. The molecule has 0 aromatic heterocycles. The van der Waals surface area contributed by atoms with Crippen molar-refractivity contribution in [2.45, 2.75) is 26.8 Å². The van der Waals surface area contributed by atoms with Gasteiger partial charge in [-0.1, -0.05) is 20.8 Å². The minimum Gasteiger partial charge on any atom is -0.302 e. The molecule has 12 heavy (non-hydrogen) atoms. The Morgan fingerprint density at radius 3 is 2.67 bits per heavy atom. The molecule has 2 aliphatic heterocycles. The van der Waals surface area contributed by atoms with Gasteiger partial charge in [-0.15, -0.1) is 0 Å². The van der Waals surface area contributed by atoms with Crippen LogP contribution in [0.4, 0.5) is 0 Å². The molecule has 2 atom stereocenters. The second-order valence-electron chi connectivity index (χ2n) is 3.12. The van der Waals surface area contributed by atoms with Gasteiger partial charge in [-0.05, 0) is 5.92 Å². The zero-order valence-electron chi connectivity index (χ0n) is 8.22. The van der Waals surface area contributed by atoms with Crippen molar-refractivity contribution in [3.8, 4) is 0 Å². The van der Waals surface area contributed by atoms with E-state index in [1.54, 1.807) is 0 Å². The predicted octanol–water partition coefficient (Wildman–Crippen LogP) is -0.0972. The molecule has 2 fully saturated rings. The molecule has 2 saturated heterocycles. The highest BCUT2D eigenvalue weighted by molar-refractivity contribution is 4.84. The van der Waals surface area contributed by atoms with Gasteiger partial charge in [0.15, 0.2) is 0 Å². The third kappa shape index (κ3) is 1.95. The molecule has 2 unspecified atom stereocenters. The molecule has 0 amide bonds. The third-order valence-electron chi connectivity index (χ3n) is 2.34. The summed E-state index contributed by atoms with van der Waals surface area (Å²) in [7, 11) is 0. The van der Waals surface area contributed by atoms with Crippen LogP contribution in [0.15, 0.2) is 0 Å². The first-order valence-corrected chi connectivity index (χ1v) is 4.84. The summed E-state index contributed by atoms with van der Waals surface area (Å²) in [5.41, 5.74) is 6.27. The molecule has 4 heteroatoms. The highest BCUT2D eigenvalue weighted by Gasteiger charge is 2.31. The van der Waals surface area contributed by atoms with Crippen LogP contribution in [0.1, 0.15) is 20.8 Å². The van der Waals surface area contributed by atoms with Crippen LogP contribution in [0, 0.1) is 5.92 Å². The van der Waals surface area contributed by atoms with E-state index in [9.17, 15) is 0 Å². The van der Waals surface area contributed by atoms with E-state index < -0.39 is 0 Å². The third-order valence-corrected chi connectivity index (χ3v) is 2.34. The van der Waals surface area contributed by atoms with E-state index in [0.29, 0.717) is 6.04 Å². The second-order valence-corrected chi connectivity index (χ2v) is 3.12. The molecule has 0 aliphatic carbocycles. The Kier molecular flexibility index (Phi) is 3.94. The number of hydrogen-bond donors (Lipinski definition) is 3. The lowest BCUT2D eigenvalue weighted by atomic mass is 10.0. The molecule has 4 nitrogen and oxygen atoms in total. The number of fused-ring (bicyclic) bond motifs is 1. The minimum atomic E-state index is 0.682. The molecule has 72 valence electrons. The van der Waals surface area contributed by atoms with Crippen molar-refractivity contribution in [2.75, 3.05) is 19.8 Å². The van der Waals surface area contributed by atoms with Gasteiger partial charge in [0.2, 0.25) is 0 Å². The fourth-order valence-corrected chi connectivity index (χ4v) is 1.64. The molecular weight excluding hydrogens is 152 g/mol. The van der Waals surface area contributed by atoms with Gasteiger partial charge in [0.25, 0.3) is 0 Å². The number of nitrogens with one attached hydrogen (secondary N) is 3. The summed E-state index contributed by atoms with van der Waals surface area (Å²) in [5, 5.41) is 5.53. The van der Waals surface area contributed by atoms with Crippen LogP contribution in [0.5, 0.6) is 0 Å². The van der Waals surface area contributed by atoms with Crippen molar-refractivity contribution in [1.82, 2.24) is 21.3 Å². The van der Waals surface area contributed by atoms with Crippen LogP contribution in [-0.2, 0) is 0 Å². The van der Waals surface area contributed by atoms with Crippen LogP contribution >= 0.6 is 0 Å². The first kappa shape index (κ1) is 9.92. The number of hydrazine groups is 2. The molecule has 0 spiro atoms. The smallest absolute Gasteiger partial charge is 0.0638 e. The summed E-state index contributed by atoms with van der Waals surface area (Å²) >= 11 is 0. The maximum atomic E-state index is 3.32. The van der Waals surface area contributed by atoms with E-state index in [1.807, 2.05) is 13.8 Å². The highest BCUT2D eigenvalue weighted by atomic mass is 15.7. The number of nitrogens with zero attached hydrogens (tertiary/aromatic N) is 1. The SMILES string of the molecule is CC.CC1CNNN2CNCC12. The monoisotopic (exact) mass is 172 g/mol. The van der Waals surface area contributed by atoms with Crippen molar-refractivity contribution in [3.63, 3.8) is 0 Å². The molecule has 2 aliphatic rings. The molecule has 2 heterocycles. The average Bonchev–Trinajstić information content (AvgIpc) is 2.57.